The van der Waals surface area contributed by atoms with Crippen molar-refractivity contribution < 1.29 is 14.6 Å². The van der Waals surface area contributed by atoms with E-state index in [1.807, 2.05) is 23.1 Å². The number of hydrogen-bond acceptors (Lipinski definition) is 3. The highest BCUT2D eigenvalue weighted by atomic mass is 16.5. The minimum Gasteiger partial charge on any atom is -0.395 e. The summed E-state index contributed by atoms with van der Waals surface area (Å²) >= 11 is 0. The highest BCUT2D eigenvalue weighted by Crippen LogP contribution is 2.10. The molecule has 1 aromatic rings. The Kier molecular flexibility index (Phi) is 5.60. The Labute approximate surface area is 119 Å². The van der Waals surface area contributed by atoms with Crippen molar-refractivity contribution in [1.82, 2.24) is 4.90 Å². The van der Waals surface area contributed by atoms with Crippen molar-refractivity contribution in [1.29, 1.82) is 0 Å². The Morgan fingerprint density at radius 1 is 1.35 bits per heavy atom. The molecule has 0 aliphatic carbocycles. The summed E-state index contributed by atoms with van der Waals surface area (Å²) in [5.41, 5.74) is 1.46. The molecule has 0 saturated carbocycles. The third-order valence-corrected chi connectivity index (χ3v) is 3.09. The van der Waals surface area contributed by atoms with Crippen molar-refractivity contribution in [3.05, 3.63) is 35.4 Å². The summed E-state index contributed by atoms with van der Waals surface area (Å²) in [5, 5.41) is 8.71. The average molecular weight is 273 g/mol. The Morgan fingerprint density at radius 3 is 3.10 bits per heavy atom. The van der Waals surface area contributed by atoms with Crippen LogP contribution in [0.4, 0.5) is 0 Å². The molecule has 1 amide bonds. The second-order valence-electron chi connectivity index (χ2n) is 4.61. The van der Waals surface area contributed by atoms with Crippen molar-refractivity contribution in [2.24, 2.45) is 0 Å². The lowest BCUT2D eigenvalue weighted by Gasteiger charge is -2.19. The Bertz CT molecular complexity index is 508. The number of hydrogen-bond donors (Lipinski definition) is 1. The highest BCUT2D eigenvalue weighted by Gasteiger charge is 2.17. The molecule has 2 rings (SSSR count). The summed E-state index contributed by atoms with van der Waals surface area (Å²) in [6, 6.07) is 7.32. The smallest absolute Gasteiger partial charge is 0.253 e. The van der Waals surface area contributed by atoms with E-state index in [4.69, 9.17) is 9.84 Å². The topological polar surface area (TPSA) is 49.8 Å². The highest BCUT2D eigenvalue weighted by molar-refractivity contribution is 5.94. The molecule has 1 aliphatic rings. The van der Waals surface area contributed by atoms with Gasteiger partial charge in [0.15, 0.2) is 0 Å². The minimum atomic E-state index is 0.0290. The summed E-state index contributed by atoms with van der Waals surface area (Å²) in [5.74, 6) is 5.84. The summed E-state index contributed by atoms with van der Waals surface area (Å²) < 4.78 is 5.36. The fourth-order valence-electron chi connectivity index (χ4n) is 2.08. The minimum absolute atomic E-state index is 0.0290. The summed E-state index contributed by atoms with van der Waals surface area (Å²) in [4.78, 5) is 14.2. The third kappa shape index (κ3) is 4.09. The number of ether oxygens (including phenoxy) is 1. The van der Waals surface area contributed by atoms with Gasteiger partial charge in [-0.1, -0.05) is 17.9 Å². The second kappa shape index (κ2) is 7.68. The molecule has 0 radical (unpaired) electrons. The van der Waals surface area contributed by atoms with Crippen LogP contribution >= 0.6 is 0 Å². The number of aliphatic hydroxyl groups excluding tert-OH is 1. The van der Waals surface area contributed by atoms with E-state index in [1.54, 1.807) is 6.07 Å². The number of benzene rings is 1. The van der Waals surface area contributed by atoms with E-state index in [1.165, 1.54) is 0 Å². The molecule has 0 atom stereocenters. The summed E-state index contributed by atoms with van der Waals surface area (Å²) in [6.07, 6.45) is 1.32. The maximum Gasteiger partial charge on any atom is 0.253 e. The summed E-state index contributed by atoms with van der Waals surface area (Å²) in [6.45, 7) is 2.75. The van der Waals surface area contributed by atoms with Crippen LogP contribution in [0.1, 0.15) is 28.8 Å². The number of carbonyl (C=O) groups excluding carboxylic acids is 1. The molecule has 1 fully saturated rings. The first kappa shape index (κ1) is 14.6. The van der Waals surface area contributed by atoms with Gasteiger partial charge in [-0.25, -0.2) is 0 Å². The predicted octanol–water partition coefficient (Wildman–Crippen LogP) is 1.28. The number of carbonyl (C=O) groups is 1. The van der Waals surface area contributed by atoms with Gasteiger partial charge in [0.2, 0.25) is 0 Å². The lowest BCUT2D eigenvalue weighted by molar-refractivity contribution is 0.0741. The molecule has 1 heterocycles. The van der Waals surface area contributed by atoms with E-state index in [-0.39, 0.29) is 12.5 Å². The first-order valence-corrected chi connectivity index (χ1v) is 6.88. The number of rotatable bonds is 2. The van der Waals surface area contributed by atoms with Crippen molar-refractivity contribution in [3.8, 4) is 11.8 Å². The fourth-order valence-corrected chi connectivity index (χ4v) is 2.08. The molecule has 4 nitrogen and oxygen atoms in total. The van der Waals surface area contributed by atoms with Gasteiger partial charge in [-0.05, 0) is 24.6 Å². The van der Waals surface area contributed by atoms with Crippen LogP contribution in [0.2, 0.25) is 0 Å². The van der Waals surface area contributed by atoms with Crippen LogP contribution in [0.3, 0.4) is 0 Å². The molecule has 1 N–H and O–H groups in total. The largest absolute Gasteiger partial charge is 0.395 e. The van der Waals surface area contributed by atoms with Gasteiger partial charge in [0, 0.05) is 37.2 Å². The number of nitrogens with zero attached hydrogens (tertiary/aromatic N) is 1. The lowest BCUT2D eigenvalue weighted by atomic mass is 10.1. The van der Waals surface area contributed by atoms with Crippen LogP contribution in [-0.2, 0) is 4.74 Å². The number of aliphatic hydroxyl groups is 1. The Balaban J connectivity index is 2.09. The zero-order valence-corrected chi connectivity index (χ0v) is 11.5. The Morgan fingerprint density at radius 2 is 2.25 bits per heavy atom. The lowest BCUT2D eigenvalue weighted by Crippen LogP contribution is -2.33. The molecule has 1 aliphatic heterocycles. The van der Waals surface area contributed by atoms with E-state index >= 15 is 0 Å². The van der Waals surface area contributed by atoms with Crippen molar-refractivity contribution in [3.63, 3.8) is 0 Å². The van der Waals surface area contributed by atoms with Crippen molar-refractivity contribution in [2.45, 2.75) is 12.8 Å². The molecular weight excluding hydrogens is 254 g/mol. The predicted molar refractivity (Wildman–Crippen MR) is 76.4 cm³/mol. The zero-order chi connectivity index (χ0) is 14.2. The standard InChI is InChI=1S/C16H19NO3/c18-10-2-1-5-14-6-3-7-15(13-14)16(19)17-8-4-11-20-12-9-17/h3,6-7,13,18H,2,4,8-12H2. The first-order chi connectivity index (χ1) is 9.81. The SMILES string of the molecule is O=C(c1cccc(C#CCCO)c1)N1CCCOCC1. The third-order valence-electron chi connectivity index (χ3n) is 3.09. The van der Waals surface area contributed by atoms with Crippen LogP contribution in [-0.4, -0.2) is 48.8 Å². The van der Waals surface area contributed by atoms with Crippen LogP contribution in [0.25, 0.3) is 0 Å². The van der Waals surface area contributed by atoms with Crippen molar-refractivity contribution in [2.75, 3.05) is 32.9 Å². The van der Waals surface area contributed by atoms with Gasteiger partial charge in [-0.3, -0.25) is 4.79 Å². The van der Waals surface area contributed by atoms with E-state index in [9.17, 15) is 4.79 Å². The van der Waals surface area contributed by atoms with Crippen molar-refractivity contribution >= 4 is 5.91 Å². The van der Waals surface area contributed by atoms with E-state index in [0.29, 0.717) is 25.1 Å². The summed E-state index contributed by atoms with van der Waals surface area (Å²) in [7, 11) is 0. The van der Waals surface area contributed by atoms with Crippen LogP contribution in [0.15, 0.2) is 24.3 Å². The first-order valence-electron chi connectivity index (χ1n) is 6.88. The molecule has 1 aromatic carbocycles. The van der Waals surface area contributed by atoms with E-state index in [2.05, 4.69) is 11.8 Å². The molecular formula is C16H19NO3. The molecule has 106 valence electrons. The average Bonchev–Trinajstić information content (AvgIpc) is 2.76. The second-order valence-corrected chi connectivity index (χ2v) is 4.61. The fraction of sp³-hybridized carbons (Fsp3) is 0.438. The van der Waals surface area contributed by atoms with Gasteiger partial charge < -0.3 is 14.7 Å². The van der Waals surface area contributed by atoms with E-state index in [0.717, 1.165) is 25.1 Å². The molecule has 0 unspecified atom stereocenters. The van der Waals surface area contributed by atoms with Crippen LogP contribution in [0, 0.1) is 11.8 Å². The van der Waals surface area contributed by atoms with Gasteiger partial charge in [-0.15, -0.1) is 0 Å². The molecule has 20 heavy (non-hydrogen) atoms. The van der Waals surface area contributed by atoms with Gasteiger partial charge in [0.25, 0.3) is 5.91 Å². The molecule has 1 saturated heterocycles. The van der Waals surface area contributed by atoms with Crippen LogP contribution in [0.5, 0.6) is 0 Å². The Hall–Kier alpha value is -1.83. The van der Waals surface area contributed by atoms with E-state index < -0.39 is 0 Å². The van der Waals surface area contributed by atoms with Gasteiger partial charge >= 0.3 is 0 Å². The maximum atomic E-state index is 12.4. The van der Waals surface area contributed by atoms with Gasteiger partial charge in [-0.2, -0.15) is 0 Å². The van der Waals surface area contributed by atoms with Gasteiger partial charge in [0.1, 0.15) is 0 Å². The molecule has 4 heteroatoms. The zero-order valence-electron chi connectivity index (χ0n) is 11.5. The maximum absolute atomic E-state index is 12.4. The van der Waals surface area contributed by atoms with Gasteiger partial charge in [0.05, 0.1) is 13.2 Å². The molecule has 0 bridgehead atoms. The molecule has 0 spiro atoms. The monoisotopic (exact) mass is 273 g/mol. The molecule has 0 aromatic heterocycles. The normalized spacial score (nSPS) is 15.2. The van der Waals surface area contributed by atoms with Crippen LogP contribution < -0.4 is 0 Å². The number of amides is 1. The quantitative estimate of drug-likeness (QED) is 0.826.